The number of carbonyl (C=O) groups excluding carboxylic acids is 1. The van der Waals surface area contributed by atoms with Crippen LogP contribution >= 0.6 is 0 Å². The van der Waals surface area contributed by atoms with Crippen LogP contribution in [0.3, 0.4) is 0 Å². The highest BCUT2D eigenvalue weighted by Crippen LogP contribution is 2.14. The van der Waals surface area contributed by atoms with E-state index in [0.29, 0.717) is 11.4 Å². The summed E-state index contributed by atoms with van der Waals surface area (Å²) in [5.41, 5.74) is 6.15. The zero-order chi connectivity index (χ0) is 11.8. The Morgan fingerprint density at radius 1 is 1.50 bits per heavy atom. The molecule has 0 fully saturated rings. The molecule has 2 N–H and O–H groups in total. The lowest BCUT2D eigenvalue weighted by atomic mass is 10.3. The highest BCUT2D eigenvalue weighted by Gasteiger charge is 2.02. The second kappa shape index (κ2) is 6.30. The lowest BCUT2D eigenvalue weighted by Crippen LogP contribution is -2.10. The number of rotatable bonds is 5. The van der Waals surface area contributed by atoms with Gasteiger partial charge in [-0.25, -0.2) is 0 Å². The van der Waals surface area contributed by atoms with Gasteiger partial charge < -0.3 is 15.2 Å². The number of hydrogen-bond acceptors (Lipinski definition) is 5. The highest BCUT2D eigenvalue weighted by atomic mass is 16.5. The van der Waals surface area contributed by atoms with Crippen LogP contribution < -0.4 is 10.5 Å². The molecule has 84 valence electrons. The molecule has 0 saturated carbocycles. The lowest BCUT2D eigenvalue weighted by molar-refractivity contribution is -0.142. The van der Waals surface area contributed by atoms with Crippen LogP contribution in [0.25, 0.3) is 0 Å². The zero-order valence-corrected chi connectivity index (χ0v) is 8.68. The number of ether oxygens (including phenoxy) is 2. The number of anilines is 1. The first-order valence-corrected chi connectivity index (χ1v) is 4.73. The molecule has 0 radical (unpaired) electrons. The van der Waals surface area contributed by atoms with Crippen LogP contribution in [0.15, 0.2) is 24.3 Å². The summed E-state index contributed by atoms with van der Waals surface area (Å²) >= 11 is 0. The average molecular weight is 220 g/mol. The molecule has 1 aromatic rings. The maximum absolute atomic E-state index is 11.0. The van der Waals surface area contributed by atoms with E-state index in [0.717, 1.165) is 0 Å². The Bertz CT molecular complexity index is 398. The van der Waals surface area contributed by atoms with E-state index in [1.807, 2.05) is 0 Å². The molecular formula is C11H12N2O3. The van der Waals surface area contributed by atoms with E-state index in [-0.39, 0.29) is 19.6 Å². The Morgan fingerprint density at radius 2 is 2.31 bits per heavy atom. The normalized spacial score (nSPS) is 9.19. The van der Waals surface area contributed by atoms with Gasteiger partial charge in [-0.2, -0.15) is 5.26 Å². The van der Waals surface area contributed by atoms with Gasteiger partial charge in [0.1, 0.15) is 11.8 Å². The fraction of sp³-hybridized carbons (Fsp3) is 0.273. The predicted octanol–water partition coefficient (Wildman–Crippen LogP) is 1.10. The van der Waals surface area contributed by atoms with E-state index in [1.165, 1.54) is 0 Å². The molecule has 1 rings (SSSR count). The summed E-state index contributed by atoms with van der Waals surface area (Å²) in [5.74, 6) is 0.151. The summed E-state index contributed by atoms with van der Waals surface area (Å²) in [6.07, 6.45) is 0.108. The predicted molar refractivity (Wildman–Crippen MR) is 57.5 cm³/mol. The topological polar surface area (TPSA) is 85.3 Å². The number of hydrogen-bond donors (Lipinski definition) is 1. The van der Waals surface area contributed by atoms with E-state index in [2.05, 4.69) is 4.74 Å². The van der Waals surface area contributed by atoms with Gasteiger partial charge in [-0.15, -0.1) is 0 Å². The third-order valence-electron chi connectivity index (χ3n) is 1.73. The van der Waals surface area contributed by atoms with Crippen molar-refractivity contribution >= 4 is 11.7 Å². The first-order chi connectivity index (χ1) is 7.72. The monoisotopic (exact) mass is 220 g/mol. The van der Waals surface area contributed by atoms with E-state index < -0.39 is 5.97 Å². The molecule has 0 aliphatic carbocycles. The van der Waals surface area contributed by atoms with Crippen molar-refractivity contribution in [2.75, 3.05) is 18.9 Å². The Kier molecular flexibility index (Phi) is 4.67. The van der Waals surface area contributed by atoms with Crippen molar-refractivity contribution < 1.29 is 14.3 Å². The van der Waals surface area contributed by atoms with Gasteiger partial charge in [0, 0.05) is 11.8 Å². The summed E-state index contributed by atoms with van der Waals surface area (Å²) < 4.78 is 9.82. The lowest BCUT2D eigenvalue weighted by Gasteiger charge is -2.05. The molecule has 0 aliphatic heterocycles. The SMILES string of the molecule is N#CCOC(=O)CCOc1cccc(N)c1. The Morgan fingerprint density at radius 3 is 3.00 bits per heavy atom. The summed E-state index contributed by atoms with van der Waals surface area (Å²) in [6.45, 7) is -0.0230. The third-order valence-corrected chi connectivity index (χ3v) is 1.73. The molecule has 0 spiro atoms. The van der Waals surface area contributed by atoms with Crippen molar-refractivity contribution in [3.05, 3.63) is 24.3 Å². The maximum atomic E-state index is 11.0. The van der Waals surface area contributed by atoms with Crippen molar-refractivity contribution in [2.45, 2.75) is 6.42 Å². The van der Waals surface area contributed by atoms with Crippen molar-refractivity contribution in [1.82, 2.24) is 0 Å². The molecule has 0 unspecified atom stereocenters. The van der Waals surface area contributed by atoms with Gasteiger partial charge in [-0.3, -0.25) is 4.79 Å². The number of nitrogen functional groups attached to an aromatic ring is 1. The largest absolute Gasteiger partial charge is 0.493 e. The van der Waals surface area contributed by atoms with Gasteiger partial charge in [0.15, 0.2) is 6.61 Å². The molecule has 0 aliphatic rings. The molecule has 0 heterocycles. The Balaban J connectivity index is 2.26. The minimum atomic E-state index is -0.453. The number of benzene rings is 1. The van der Waals surface area contributed by atoms with Crippen LogP contribution in [0.1, 0.15) is 6.42 Å². The van der Waals surface area contributed by atoms with Crippen LogP contribution in [0, 0.1) is 11.3 Å². The maximum Gasteiger partial charge on any atom is 0.310 e. The van der Waals surface area contributed by atoms with E-state index in [4.69, 9.17) is 15.7 Å². The van der Waals surface area contributed by atoms with Crippen LogP contribution in [0.5, 0.6) is 5.75 Å². The molecule has 0 aromatic heterocycles. The molecule has 0 saturated heterocycles. The second-order valence-electron chi connectivity index (χ2n) is 2.99. The fourth-order valence-electron chi connectivity index (χ4n) is 1.04. The molecule has 0 atom stereocenters. The quantitative estimate of drug-likeness (QED) is 0.593. The minimum absolute atomic E-state index is 0.108. The van der Waals surface area contributed by atoms with Gasteiger partial charge in [0.05, 0.1) is 13.0 Å². The fourth-order valence-corrected chi connectivity index (χ4v) is 1.04. The number of nitrogens with two attached hydrogens (primary N) is 1. The zero-order valence-electron chi connectivity index (χ0n) is 8.68. The standard InChI is InChI=1S/C11H12N2O3/c12-5-7-16-11(14)4-6-15-10-3-1-2-9(13)8-10/h1-3,8H,4,6-7,13H2. The molecule has 5 heteroatoms. The van der Waals surface area contributed by atoms with E-state index in [1.54, 1.807) is 30.3 Å². The van der Waals surface area contributed by atoms with Crippen molar-refractivity contribution in [1.29, 1.82) is 5.26 Å². The number of esters is 1. The molecule has 0 bridgehead atoms. The van der Waals surface area contributed by atoms with Crippen LogP contribution in [-0.2, 0) is 9.53 Å². The first kappa shape index (κ1) is 11.9. The summed E-state index contributed by atoms with van der Waals surface area (Å²) in [4.78, 5) is 11.0. The van der Waals surface area contributed by atoms with Crippen molar-refractivity contribution in [2.24, 2.45) is 0 Å². The second-order valence-corrected chi connectivity index (χ2v) is 2.99. The van der Waals surface area contributed by atoms with Gasteiger partial charge in [0.2, 0.25) is 0 Å². The molecule has 16 heavy (non-hydrogen) atoms. The Hall–Kier alpha value is -2.22. The number of nitrogens with zero attached hydrogens (tertiary/aromatic N) is 1. The number of nitriles is 1. The van der Waals surface area contributed by atoms with Crippen LogP contribution in [0.4, 0.5) is 5.69 Å². The van der Waals surface area contributed by atoms with Gasteiger partial charge in [-0.05, 0) is 12.1 Å². The smallest absolute Gasteiger partial charge is 0.310 e. The third kappa shape index (κ3) is 4.33. The Labute approximate surface area is 93.4 Å². The van der Waals surface area contributed by atoms with Crippen LogP contribution in [-0.4, -0.2) is 19.2 Å². The summed E-state index contributed by atoms with van der Waals surface area (Å²) in [7, 11) is 0. The molecule has 5 nitrogen and oxygen atoms in total. The van der Waals surface area contributed by atoms with Gasteiger partial charge >= 0.3 is 5.97 Å². The number of carbonyl (C=O) groups is 1. The van der Waals surface area contributed by atoms with Gasteiger partial charge in [0.25, 0.3) is 0 Å². The minimum Gasteiger partial charge on any atom is -0.493 e. The average Bonchev–Trinajstić information content (AvgIpc) is 2.26. The highest BCUT2D eigenvalue weighted by molar-refractivity contribution is 5.69. The van der Waals surface area contributed by atoms with Gasteiger partial charge in [-0.1, -0.05) is 6.07 Å². The summed E-state index contributed by atoms with van der Waals surface area (Å²) in [6, 6.07) is 8.63. The van der Waals surface area contributed by atoms with Crippen molar-refractivity contribution in [3.63, 3.8) is 0 Å². The molecule has 0 amide bonds. The van der Waals surface area contributed by atoms with E-state index >= 15 is 0 Å². The molecule has 1 aromatic carbocycles. The first-order valence-electron chi connectivity index (χ1n) is 4.73. The molecular weight excluding hydrogens is 208 g/mol. The van der Waals surface area contributed by atoms with E-state index in [9.17, 15) is 4.79 Å². The van der Waals surface area contributed by atoms with Crippen LogP contribution in [0.2, 0.25) is 0 Å². The van der Waals surface area contributed by atoms with Crippen molar-refractivity contribution in [3.8, 4) is 11.8 Å². The summed E-state index contributed by atoms with van der Waals surface area (Å²) in [5, 5.41) is 8.18.